The third-order valence-electron chi connectivity index (χ3n) is 4.51. The zero-order valence-electron chi connectivity index (χ0n) is 14.4. The van der Waals surface area contributed by atoms with Crippen LogP contribution in [0.15, 0.2) is 6.07 Å². The van der Waals surface area contributed by atoms with Gasteiger partial charge in [0, 0.05) is 25.3 Å². The van der Waals surface area contributed by atoms with Crippen molar-refractivity contribution >= 4 is 25.1 Å². The van der Waals surface area contributed by atoms with Crippen LogP contribution in [-0.2, 0) is 24.0 Å². The van der Waals surface area contributed by atoms with Gasteiger partial charge in [0.2, 0.25) is 0 Å². The number of aryl methyl sites for hydroxylation is 1. The van der Waals surface area contributed by atoms with E-state index < -0.39 is 5.60 Å². The summed E-state index contributed by atoms with van der Waals surface area (Å²) in [6, 6.07) is 2.28. The standard InChI is InChI=1S/C18H25BN2O2/c1-18(2,3)23-17(22)21-9-6-12-11-13-5-4-8-20-16(13)15(19)14(12)7-10-21/h11,20H,4-10H2,1-3H3. The number of rotatable bonds is 0. The minimum absolute atomic E-state index is 0.230. The molecular formula is C18H25BN2O2. The molecule has 1 aromatic carbocycles. The van der Waals surface area contributed by atoms with Crippen molar-refractivity contribution in [2.75, 3.05) is 25.0 Å². The molecule has 0 bridgehead atoms. The van der Waals surface area contributed by atoms with Gasteiger partial charge in [-0.2, -0.15) is 0 Å². The van der Waals surface area contributed by atoms with E-state index in [0.29, 0.717) is 13.1 Å². The number of hydrogen-bond acceptors (Lipinski definition) is 3. The van der Waals surface area contributed by atoms with Crippen LogP contribution in [0.3, 0.4) is 0 Å². The maximum absolute atomic E-state index is 12.3. The summed E-state index contributed by atoms with van der Waals surface area (Å²) in [5.74, 6) is 0. The summed E-state index contributed by atoms with van der Waals surface area (Å²) in [5, 5.41) is 3.44. The molecule has 1 amide bonds. The lowest BCUT2D eigenvalue weighted by Gasteiger charge is -2.26. The number of anilines is 1. The second-order valence-electron chi connectivity index (χ2n) is 7.46. The Morgan fingerprint density at radius 2 is 1.96 bits per heavy atom. The van der Waals surface area contributed by atoms with Crippen LogP contribution in [-0.4, -0.2) is 44.1 Å². The number of nitrogens with zero attached hydrogens (tertiary/aromatic N) is 1. The topological polar surface area (TPSA) is 41.6 Å². The Labute approximate surface area is 140 Å². The van der Waals surface area contributed by atoms with Gasteiger partial charge in [0.25, 0.3) is 0 Å². The van der Waals surface area contributed by atoms with Crippen LogP contribution in [0.1, 0.15) is 43.9 Å². The van der Waals surface area contributed by atoms with Crippen LogP contribution >= 0.6 is 0 Å². The molecule has 0 saturated heterocycles. The molecule has 1 N–H and O–H groups in total. The third kappa shape index (κ3) is 3.49. The lowest BCUT2D eigenvalue weighted by atomic mass is 9.80. The highest BCUT2D eigenvalue weighted by molar-refractivity contribution is 6.37. The van der Waals surface area contributed by atoms with E-state index in [4.69, 9.17) is 12.6 Å². The molecule has 0 atom stereocenters. The molecule has 1 aromatic rings. The van der Waals surface area contributed by atoms with E-state index in [-0.39, 0.29) is 6.09 Å². The molecule has 2 heterocycles. The molecule has 23 heavy (non-hydrogen) atoms. The van der Waals surface area contributed by atoms with E-state index in [0.717, 1.165) is 43.4 Å². The number of fused-ring (bicyclic) bond motifs is 2. The van der Waals surface area contributed by atoms with Gasteiger partial charge in [-0.15, -0.1) is 0 Å². The molecule has 3 rings (SSSR count). The normalized spacial score (nSPS) is 17.6. The van der Waals surface area contributed by atoms with Gasteiger partial charge in [-0.1, -0.05) is 11.5 Å². The van der Waals surface area contributed by atoms with E-state index in [1.165, 1.54) is 16.7 Å². The molecule has 2 aliphatic rings. The Kier molecular flexibility index (Phi) is 4.30. The first-order valence-corrected chi connectivity index (χ1v) is 8.50. The average Bonchev–Trinajstić information content (AvgIpc) is 2.68. The molecule has 0 fully saturated rings. The minimum atomic E-state index is -0.460. The largest absolute Gasteiger partial charge is 0.444 e. The number of benzene rings is 1. The van der Waals surface area contributed by atoms with Gasteiger partial charge in [0.1, 0.15) is 13.4 Å². The van der Waals surface area contributed by atoms with Crippen LogP contribution < -0.4 is 10.8 Å². The predicted octanol–water partition coefficient (Wildman–Crippen LogP) is 2.17. The second-order valence-corrected chi connectivity index (χ2v) is 7.46. The lowest BCUT2D eigenvalue weighted by molar-refractivity contribution is 0.0258. The fraction of sp³-hybridized carbons (Fsp3) is 0.611. The predicted molar refractivity (Wildman–Crippen MR) is 93.9 cm³/mol. The molecule has 0 aromatic heterocycles. The first-order valence-electron chi connectivity index (χ1n) is 8.50. The van der Waals surface area contributed by atoms with E-state index in [9.17, 15) is 4.79 Å². The number of ether oxygens (including phenoxy) is 1. The maximum Gasteiger partial charge on any atom is 0.410 e. The van der Waals surface area contributed by atoms with E-state index in [2.05, 4.69) is 11.4 Å². The van der Waals surface area contributed by atoms with Gasteiger partial charge in [-0.25, -0.2) is 4.79 Å². The number of carbonyl (C=O) groups excluding carboxylic acids is 1. The third-order valence-corrected chi connectivity index (χ3v) is 4.51. The van der Waals surface area contributed by atoms with Gasteiger partial charge >= 0.3 is 6.09 Å². The summed E-state index contributed by atoms with van der Waals surface area (Å²) in [6.45, 7) is 8.03. The van der Waals surface area contributed by atoms with Crippen molar-refractivity contribution in [1.82, 2.24) is 4.90 Å². The number of hydrogen-bond donors (Lipinski definition) is 1. The molecule has 4 nitrogen and oxygen atoms in total. The summed E-state index contributed by atoms with van der Waals surface area (Å²) >= 11 is 0. The molecule has 0 aliphatic carbocycles. The Morgan fingerprint density at radius 1 is 1.22 bits per heavy atom. The summed E-state index contributed by atoms with van der Waals surface area (Å²) < 4.78 is 5.51. The molecule has 122 valence electrons. The minimum Gasteiger partial charge on any atom is -0.444 e. The Bertz CT molecular complexity index is 622. The van der Waals surface area contributed by atoms with Crippen molar-refractivity contribution in [3.05, 3.63) is 22.8 Å². The zero-order valence-corrected chi connectivity index (χ0v) is 14.4. The van der Waals surface area contributed by atoms with Gasteiger partial charge < -0.3 is 15.0 Å². The summed E-state index contributed by atoms with van der Waals surface area (Å²) in [6.07, 6.45) is 3.62. The zero-order chi connectivity index (χ0) is 16.6. The van der Waals surface area contributed by atoms with Crippen LogP contribution in [0.4, 0.5) is 10.5 Å². The quantitative estimate of drug-likeness (QED) is 0.747. The van der Waals surface area contributed by atoms with Crippen LogP contribution in [0.25, 0.3) is 0 Å². The summed E-state index contributed by atoms with van der Waals surface area (Å²) in [4.78, 5) is 14.1. The second kappa shape index (κ2) is 6.10. The number of amides is 1. The molecule has 0 unspecified atom stereocenters. The van der Waals surface area contributed by atoms with Crippen molar-refractivity contribution in [3.8, 4) is 0 Å². The molecule has 0 spiro atoms. The van der Waals surface area contributed by atoms with Crippen LogP contribution in [0.2, 0.25) is 0 Å². The molecule has 2 radical (unpaired) electrons. The fourth-order valence-electron chi connectivity index (χ4n) is 3.41. The van der Waals surface area contributed by atoms with Crippen molar-refractivity contribution < 1.29 is 9.53 Å². The molecule has 5 heteroatoms. The van der Waals surface area contributed by atoms with Gasteiger partial charge in [-0.3, -0.25) is 0 Å². The summed E-state index contributed by atoms with van der Waals surface area (Å²) in [7, 11) is 6.42. The van der Waals surface area contributed by atoms with E-state index in [1.807, 2.05) is 20.8 Å². The maximum atomic E-state index is 12.3. The van der Waals surface area contributed by atoms with E-state index >= 15 is 0 Å². The first-order chi connectivity index (χ1) is 10.8. The van der Waals surface area contributed by atoms with E-state index in [1.54, 1.807) is 4.90 Å². The van der Waals surface area contributed by atoms with Crippen molar-refractivity contribution in [2.24, 2.45) is 0 Å². The van der Waals surface area contributed by atoms with Crippen molar-refractivity contribution in [2.45, 2.75) is 52.1 Å². The van der Waals surface area contributed by atoms with Crippen LogP contribution in [0.5, 0.6) is 0 Å². The average molecular weight is 312 g/mol. The smallest absolute Gasteiger partial charge is 0.410 e. The fourth-order valence-corrected chi connectivity index (χ4v) is 3.41. The molecular weight excluding hydrogens is 287 g/mol. The lowest BCUT2D eigenvalue weighted by Crippen LogP contribution is -2.38. The van der Waals surface area contributed by atoms with Gasteiger partial charge in [0.15, 0.2) is 0 Å². The molecule has 2 aliphatic heterocycles. The SMILES string of the molecule is [B]c1c2c(cc3c1NCCC3)CCN(C(=O)OC(C)(C)C)CC2. The van der Waals surface area contributed by atoms with Gasteiger partial charge in [0.05, 0.1) is 0 Å². The first kappa shape index (κ1) is 16.2. The molecule has 0 saturated carbocycles. The van der Waals surface area contributed by atoms with Gasteiger partial charge in [-0.05, 0) is 63.1 Å². The van der Waals surface area contributed by atoms with Crippen LogP contribution in [0, 0.1) is 0 Å². The number of nitrogens with one attached hydrogen (secondary N) is 1. The van der Waals surface area contributed by atoms with Crippen molar-refractivity contribution in [1.29, 1.82) is 0 Å². The highest BCUT2D eigenvalue weighted by Gasteiger charge is 2.26. The highest BCUT2D eigenvalue weighted by Crippen LogP contribution is 2.26. The number of carbonyl (C=O) groups is 1. The highest BCUT2D eigenvalue weighted by atomic mass is 16.6. The Balaban J connectivity index is 1.80. The Hall–Kier alpha value is -1.65. The van der Waals surface area contributed by atoms with Crippen molar-refractivity contribution in [3.63, 3.8) is 0 Å². The Morgan fingerprint density at radius 3 is 2.70 bits per heavy atom. The monoisotopic (exact) mass is 312 g/mol. The summed E-state index contributed by atoms with van der Waals surface area (Å²) in [5.41, 5.74) is 5.33.